The van der Waals surface area contributed by atoms with Crippen LogP contribution in [-0.2, 0) is 6.42 Å². The fraction of sp³-hybridized carbons (Fsp3) is 0.333. The summed E-state index contributed by atoms with van der Waals surface area (Å²) in [7, 11) is 0. The Hall–Kier alpha value is -0.925. The van der Waals surface area contributed by atoms with E-state index in [1.807, 2.05) is 6.92 Å². The van der Waals surface area contributed by atoms with Gasteiger partial charge in [0.1, 0.15) is 0 Å². The number of benzene rings is 1. The molecule has 1 aromatic rings. The zero-order chi connectivity index (χ0) is 9.90. The molecule has 0 aromatic heterocycles. The summed E-state index contributed by atoms with van der Waals surface area (Å²) >= 11 is 0. The molecule has 0 amide bonds. The van der Waals surface area contributed by atoms with Crippen LogP contribution in [0.3, 0.4) is 0 Å². The van der Waals surface area contributed by atoms with Crippen molar-refractivity contribution >= 4 is 12.4 Å². The minimum atomic E-state index is -4.84. The molecule has 0 radical (unpaired) electrons. The lowest BCUT2D eigenvalue weighted by Crippen LogP contribution is -2.34. The van der Waals surface area contributed by atoms with Gasteiger partial charge in [-0.3, -0.25) is 0 Å². The largest absolute Gasteiger partial charge is 0.509 e. The molecule has 0 atom stereocenters. The Morgan fingerprint density at radius 1 is 1.23 bits per heavy atom. The fourth-order valence-corrected chi connectivity index (χ4v) is 1.24. The molecule has 0 aliphatic heterocycles. The SMILES string of the molecule is CCCc1cccc([B-](F)(F)F)c1. The van der Waals surface area contributed by atoms with Crippen molar-refractivity contribution in [3.63, 3.8) is 0 Å². The smallest absolute Gasteiger partial charge is 0.445 e. The third-order valence-corrected chi connectivity index (χ3v) is 1.87. The van der Waals surface area contributed by atoms with Crippen molar-refractivity contribution in [2.75, 3.05) is 0 Å². The second kappa shape index (κ2) is 3.86. The maximum atomic E-state index is 12.3. The van der Waals surface area contributed by atoms with Crippen molar-refractivity contribution in [3.05, 3.63) is 29.8 Å². The molecule has 0 unspecified atom stereocenters. The molecule has 0 bridgehead atoms. The monoisotopic (exact) mass is 187 g/mol. The highest BCUT2D eigenvalue weighted by molar-refractivity contribution is 6.73. The van der Waals surface area contributed by atoms with Gasteiger partial charge in [0.15, 0.2) is 0 Å². The van der Waals surface area contributed by atoms with Crippen LogP contribution in [0.15, 0.2) is 24.3 Å². The molecule has 0 heterocycles. The van der Waals surface area contributed by atoms with Crippen LogP contribution in [0, 0.1) is 0 Å². The van der Waals surface area contributed by atoms with Gasteiger partial charge in [-0.05, 0) is 6.42 Å². The van der Waals surface area contributed by atoms with Gasteiger partial charge < -0.3 is 12.9 Å². The van der Waals surface area contributed by atoms with Crippen molar-refractivity contribution in [1.82, 2.24) is 0 Å². The van der Waals surface area contributed by atoms with E-state index in [1.54, 1.807) is 6.07 Å². The van der Waals surface area contributed by atoms with Gasteiger partial charge in [-0.1, -0.05) is 43.2 Å². The molecule has 0 saturated carbocycles. The number of rotatable bonds is 3. The molecule has 4 heteroatoms. The van der Waals surface area contributed by atoms with E-state index in [0.29, 0.717) is 6.42 Å². The first-order valence-electron chi connectivity index (χ1n) is 4.33. The quantitative estimate of drug-likeness (QED) is 0.638. The van der Waals surface area contributed by atoms with E-state index in [1.165, 1.54) is 12.1 Å². The van der Waals surface area contributed by atoms with E-state index in [0.717, 1.165) is 18.1 Å². The average Bonchev–Trinajstić information content (AvgIpc) is 2.04. The Morgan fingerprint density at radius 3 is 2.46 bits per heavy atom. The van der Waals surface area contributed by atoms with Crippen LogP contribution in [0.2, 0.25) is 0 Å². The van der Waals surface area contributed by atoms with Gasteiger partial charge in [-0.15, -0.1) is 5.46 Å². The first-order chi connectivity index (χ1) is 6.04. The Morgan fingerprint density at radius 2 is 1.92 bits per heavy atom. The van der Waals surface area contributed by atoms with Crippen LogP contribution in [0.5, 0.6) is 0 Å². The van der Waals surface area contributed by atoms with Gasteiger partial charge in [0.05, 0.1) is 0 Å². The van der Waals surface area contributed by atoms with E-state index in [-0.39, 0.29) is 0 Å². The first-order valence-corrected chi connectivity index (χ1v) is 4.33. The lowest BCUT2D eigenvalue weighted by molar-refractivity contribution is 0.501. The van der Waals surface area contributed by atoms with Gasteiger partial charge >= 0.3 is 6.98 Å². The molecule has 0 aliphatic carbocycles. The lowest BCUT2D eigenvalue weighted by Gasteiger charge is -2.15. The maximum Gasteiger partial charge on any atom is 0.509 e. The summed E-state index contributed by atoms with van der Waals surface area (Å²) in [6, 6.07) is 5.56. The maximum absolute atomic E-state index is 12.3. The van der Waals surface area contributed by atoms with Crippen LogP contribution >= 0.6 is 0 Å². The minimum absolute atomic E-state index is 0.494. The topological polar surface area (TPSA) is 0 Å². The molecule has 1 aromatic carbocycles. The van der Waals surface area contributed by atoms with Crippen molar-refractivity contribution in [2.24, 2.45) is 0 Å². The fourth-order valence-electron chi connectivity index (χ4n) is 1.24. The Labute approximate surface area is 75.8 Å². The molecule has 13 heavy (non-hydrogen) atoms. The summed E-state index contributed by atoms with van der Waals surface area (Å²) in [5.41, 5.74) is 0.269. The van der Waals surface area contributed by atoms with E-state index >= 15 is 0 Å². The highest BCUT2D eigenvalue weighted by Gasteiger charge is 2.25. The van der Waals surface area contributed by atoms with E-state index in [2.05, 4.69) is 0 Å². The zero-order valence-electron chi connectivity index (χ0n) is 7.43. The standard InChI is InChI=1S/C9H11BF3/c1-2-4-8-5-3-6-9(7-8)10(11,12)13/h3,5-7H,2,4H2,1H3/q-1. The summed E-state index contributed by atoms with van der Waals surface area (Å²) in [5, 5.41) is 0. The predicted molar refractivity (Wildman–Crippen MR) is 49.1 cm³/mol. The van der Waals surface area contributed by atoms with Gasteiger partial charge in [0, 0.05) is 0 Å². The molecular formula is C9H11BF3-. The normalized spacial score (nSPS) is 11.7. The van der Waals surface area contributed by atoms with Crippen LogP contribution < -0.4 is 5.46 Å². The number of aryl methyl sites for hydroxylation is 1. The summed E-state index contributed by atoms with van der Waals surface area (Å²) < 4.78 is 36.8. The molecule has 0 nitrogen and oxygen atoms in total. The summed E-state index contributed by atoms with van der Waals surface area (Å²) in [6.45, 7) is -2.89. The van der Waals surface area contributed by atoms with Gasteiger partial charge in [0.2, 0.25) is 0 Å². The number of hydrogen-bond donors (Lipinski definition) is 0. The van der Waals surface area contributed by atoms with Crippen molar-refractivity contribution < 1.29 is 12.9 Å². The van der Waals surface area contributed by atoms with Crippen LogP contribution in [0.4, 0.5) is 12.9 Å². The summed E-state index contributed by atoms with van der Waals surface area (Å²) in [6.07, 6.45) is 1.58. The average molecular weight is 187 g/mol. The third kappa shape index (κ3) is 2.79. The zero-order valence-corrected chi connectivity index (χ0v) is 7.43. The van der Waals surface area contributed by atoms with Gasteiger partial charge in [0.25, 0.3) is 0 Å². The molecule has 0 saturated heterocycles. The Balaban J connectivity index is 2.92. The van der Waals surface area contributed by atoms with Crippen LogP contribution in [0.1, 0.15) is 18.9 Å². The van der Waals surface area contributed by atoms with Crippen LogP contribution in [0.25, 0.3) is 0 Å². The first kappa shape index (κ1) is 10.2. The van der Waals surface area contributed by atoms with Crippen LogP contribution in [-0.4, -0.2) is 6.98 Å². The van der Waals surface area contributed by atoms with Crippen molar-refractivity contribution in [2.45, 2.75) is 19.8 Å². The molecule has 1 rings (SSSR count). The van der Waals surface area contributed by atoms with E-state index in [9.17, 15) is 12.9 Å². The highest BCUT2D eigenvalue weighted by atomic mass is 19.4. The molecule has 0 N–H and O–H groups in total. The minimum Gasteiger partial charge on any atom is -0.445 e. The molecule has 0 aliphatic rings. The number of hydrogen-bond acceptors (Lipinski definition) is 0. The molecule has 0 fully saturated rings. The number of halogens is 3. The van der Waals surface area contributed by atoms with Gasteiger partial charge in [-0.25, -0.2) is 0 Å². The van der Waals surface area contributed by atoms with E-state index < -0.39 is 12.4 Å². The second-order valence-corrected chi connectivity index (χ2v) is 3.07. The molecule has 72 valence electrons. The van der Waals surface area contributed by atoms with Gasteiger partial charge in [-0.2, -0.15) is 0 Å². The van der Waals surface area contributed by atoms with E-state index in [4.69, 9.17) is 0 Å². The van der Waals surface area contributed by atoms with Crippen molar-refractivity contribution in [3.8, 4) is 0 Å². The second-order valence-electron chi connectivity index (χ2n) is 3.07. The lowest BCUT2D eigenvalue weighted by atomic mass is 9.79. The third-order valence-electron chi connectivity index (χ3n) is 1.87. The summed E-state index contributed by atoms with van der Waals surface area (Å²) in [5.74, 6) is 0. The molecule has 0 spiro atoms. The summed E-state index contributed by atoms with van der Waals surface area (Å²) in [4.78, 5) is 0. The highest BCUT2D eigenvalue weighted by Crippen LogP contribution is 2.10. The predicted octanol–water partition coefficient (Wildman–Crippen LogP) is 2.69. The van der Waals surface area contributed by atoms with Crippen molar-refractivity contribution in [1.29, 1.82) is 0 Å². The Kier molecular flexibility index (Phi) is 3.01. The molecular weight excluding hydrogens is 176 g/mol. The Bertz CT molecular complexity index is 280.